The molecule has 4 heteroatoms. The second-order valence-corrected chi connectivity index (χ2v) is 4.89. The normalized spacial score (nSPS) is 9.31. The molecule has 3 aromatic rings. The van der Waals surface area contributed by atoms with E-state index in [-0.39, 0.29) is 40.0 Å². The van der Waals surface area contributed by atoms with Gasteiger partial charge in [-0.2, -0.15) is 41.7 Å². The van der Waals surface area contributed by atoms with E-state index in [9.17, 15) is 5.26 Å². The van der Waals surface area contributed by atoms with Crippen molar-refractivity contribution in [3.63, 3.8) is 0 Å². The summed E-state index contributed by atoms with van der Waals surface area (Å²) in [5, 5.41) is 9.20. The summed E-state index contributed by atoms with van der Waals surface area (Å²) >= 11 is 0. The molecule has 0 saturated carbocycles. The van der Waals surface area contributed by atoms with Crippen LogP contribution in [0.5, 0.6) is 5.75 Å². The van der Waals surface area contributed by atoms with Crippen molar-refractivity contribution in [1.29, 1.82) is 5.26 Å². The van der Waals surface area contributed by atoms with E-state index < -0.39 is 0 Å². The molecule has 0 radical (unpaired) electrons. The molecule has 2 nitrogen and oxygen atoms in total. The predicted molar refractivity (Wildman–Crippen MR) is 104 cm³/mol. The van der Waals surface area contributed by atoms with Gasteiger partial charge in [-0.3, -0.25) is 0 Å². The Labute approximate surface area is 182 Å². The van der Waals surface area contributed by atoms with Gasteiger partial charge in [-0.25, -0.2) is 0 Å². The monoisotopic (exact) mass is 415 g/mol. The van der Waals surface area contributed by atoms with Gasteiger partial charge in [0.2, 0.25) is 0 Å². The molecule has 0 unspecified atom stereocenters. The fourth-order valence-corrected chi connectivity index (χ4v) is 2.01. The zero-order chi connectivity index (χ0) is 17.0. The quantitative estimate of drug-likeness (QED) is 0.283. The van der Waals surface area contributed by atoms with Crippen molar-refractivity contribution in [3.8, 4) is 11.8 Å². The Balaban J connectivity index is 0.000000669. The van der Waals surface area contributed by atoms with Gasteiger partial charge in [-0.05, 0) is 29.3 Å². The van der Waals surface area contributed by atoms with Crippen LogP contribution in [0.2, 0.25) is 0 Å². The van der Waals surface area contributed by atoms with Gasteiger partial charge in [0.1, 0.15) is 5.75 Å². The van der Waals surface area contributed by atoms with Gasteiger partial charge in [0.05, 0.1) is 18.8 Å². The van der Waals surface area contributed by atoms with Gasteiger partial charge in [-0.15, -0.1) is 0 Å². The maximum Gasteiger partial charge on any atom is 2.00 e. The number of methoxy groups -OCH3 is 1. The minimum absolute atomic E-state index is 0. The second kappa shape index (κ2) is 14.1. The van der Waals surface area contributed by atoms with Crippen molar-refractivity contribution in [1.82, 2.24) is 0 Å². The minimum Gasteiger partial charge on any atom is -1.00 e. The molecule has 0 aliphatic carbocycles. The van der Waals surface area contributed by atoms with Crippen molar-refractivity contribution in [2.24, 2.45) is 0 Å². The molecule has 0 aliphatic rings. The number of nitriles is 1. The maximum atomic E-state index is 9.20. The van der Waals surface area contributed by atoms with Crippen LogP contribution < -0.4 is 21.7 Å². The second-order valence-electron chi connectivity index (χ2n) is 4.89. The van der Waals surface area contributed by atoms with Crippen LogP contribution in [0.3, 0.4) is 0 Å². The third-order valence-electron chi connectivity index (χ3n) is 3.24. The van der Waals surface area contributed by atoms with Crippen LogP contribution >= 0.6 is 0 Å². The van der Waals surface area contributed by atoms with Gasteiger partial charge >= 0.3 is 23.1 Å². The molecule has 0 atom stereocenters. The van der Waals surface area contributed by atoms with E-state index in [1.54, 1.807) is 7.11 Å². The Morgan fingerprint density at radius 3 is 1.92 bits per heavy atom. The van der Waals surface area contributed by atoms with Crippen LogP contribution in [0.1, 0.15) is 11.1 Å². The molecular formula is C22H18BrMgNO. The average Bonchev–Trinajstić information content (AvgIpc) is 2.69. The summed E-state index contributed by atoms with van der Waals surface area (Å²) in [4.78, 5) is 0. The van der Waals surface area contributed by atoms with E-state index in [1.807, 2.05) is 91.0 Å². The van der Waals surface area contributed by atoms with E-state index >= 15 is 0 Å². The third-order valence-corrected chi connectivity index (χ3v) is 3.24. The summed E-state index contributed by atoms with van der Waals surface area (Å²) in [6.07, 6.45) is 1.87. The van der Waals surface area contributed by atoms with Crippen molar-refractivity contribution in [3.05, 3.63) is 102 Å². The molecule has 3 aromatic carbocycles. The van der Waals surface area contributed by atoms with Gasteiger partial charge in [0.25, 0.3) is 0 Å². The Bertz CT molecular complexity index is 770. The van der Waals surface area contributed by atoms with E-state index in [4.69, 9.17) is 4.74 Å². The SMILES string of the molecule is COc1ccc(C=C(C#N)c2ccccc2)cc1.[Br-].[Mg+2].[c-]1ccccc1. The Kier molecular flexibility index (Phi) is 13.0. The molecule has 0 bridgehead atoms. The number of hydrogen-bond donors (Lipinski definition) is 0. The smallest absolute Gasteiger partial charge is 1.00 e. The number of benzene rings is 3. The van der Waals surface area contributed by atoms with Crippen LogP contribution in [0, 0.1) is 17.4 Å². The Morgan fingerprint density at radius 1 is 0.923 bits per heavy atom. The van der Waals surface area contributed by atoms with E-state index in [0.29, 0.717) is 5.57 Å². The van der Waals surface area contributed by atoms with Gasteiger partial charge in [-0.1, -0.05) is 42.5 Å². The zero-order valence-corrected chi connectivity index (χ0v) is 17.6. The fourth-order valence-electron chi connectivity index (χ4n) is 2.01. The molecule has 126 valence electrons. The standard InChI is InChI=1S/C16H13NO.C6H5.BrH.Mg/c1-18-16-9-7-13(8-10-16)11-15(12-17)14-5-3-2-4-6-14;1-2-4-6-5-3-1;;/h2-11H,1H3;1-5H;1H;/q;-1;;+2/p-1. The molecule has 0 N–H and O–H groups in total. The molecule has 0 heterocycles. The summed E-state index contributed by atoms with van der Waals surface area (Å²) in [6, 6.07) is 32.0. The van der Waals surface area contributed by atoms with Crippen LogP contribution in [0.4, 0.5) is 0 Å². The molecular weight excluding hydrogens is 398 g/mol. The first-order chi connectivity index (χ1) is 11.8. The van der Waals surface area contributed by atoms with Gasteiger partial charge < -0.3 is 21.7 Å². The molecule has 0 amide bonds. The minimum atomic E-state index is 0. The fraction of sp³-hybridized carbons (Fsp3) is 0.0455. The van der Waals surface area contributed by atoms with E-state index in [2.05, 4.69) is 12.1 Å². The average molecular weight is 417 g/mol. The number of rotatable bonds is 3. The first-order valence-electron chi connectivity index (χ1n) is 7.56. The maximum absolute atomic E-state index is 9.20. The van der Waals surface area contributed by atoms with Crippen LogP contribution in [0.15, 0.2) is 84.9 Å². The van der Waals surface area contributed by atoms with E-state index in [0.717, 1.165) is 16.9 Å². The summed E-state index contributed by atoms with van der Waals surface area (Å²) in [7, 11) is 1.63. The number of allylic oxidation sites excluding steroid dienone is 1. The van der Waals surface area contributed by atoms with Crippen molar-refractivity contribution >= 4 is 34.7 Å². The third kappa shape index (κ3) is 8.35. The number of ether oxygens (including phenoxy) is 1. The number of nitrogens with zero attached hydrogens (tertiary/aromatic N) is 1. The summed E-state index contributed by atoms with van der Waals surface area (Å²) < 4.78 is 5.10. The zero-order valence-electron chi connectivity index (χ0n) is 14.6. The molecule has 0 spiro atoms. The summed E-state index contributed by atoms with van der Waals surface area (Å²) in [5.74, 6) is 0.811. The Morgan fingerprint density at radius 2 is 1.50 bits per heavy atom. The molecule has 0 aliphatic heterocycles. The largest absolute Gasteiger partial charge is 2.00 e. The molecule has 0 saturated heterocycles. The Hall–Kier alpha value is -2.06. The van der Waals surface area contributed by atoms with Gasteiger partial charge in [0.15, 0.2) is 0 Å². The predicted octanol–water partition coefficient (Wildman–Crippen LogP) is 1.87. The molecule has 26 heavy (non-hydrogen) atoms. The number of hydrogen-bond acceptors (Lipinski definition) is 2. The van der Waals surface area contributed by atoms with E-state index in [1.165, 1.54) is 0 Å². The van der Waals surface area contributed by atoms with Gasteiger partial charge in [0, 0.05) is 0 Å². The van der Waals surface area contributed by atoms with Crippen molar-refractivity contribution < 1.29 is 21.7 Å². The van der Waals surface area contributed by atoms with Crippen molar-refractivity contribution in [2.75, 3.05) is 7.11 Å². The first-order valence-corrected chi connectivity index (χ1v) is 7.56. The van der Waals surface area contributed by atoms with Crippen molar-refractivity contribution in [2.45, 2.75) is 0 Å². The van der Waals surface area contributed by atoms with Crippen LogP contribution in [-0.4, -0.2) is 30.2 Å². The molecule has 0 fully saturated rings. The molecule has 0 aromatic heterocycles. The van der Waals surface area contributed by atoms with Crippen LogP contribution in [-0.2, 0) is 0 Å². The summed E-state index contributed by atoms with van der Waals surface area (Å²) in [6.45, 7) is 0. The summed E-state index contributed by atoms with van der Waals surface area (Å²) in [5.41, 5.74) is 2.56. The molecule has 3 rings (SSSR count). The topological polar surface area (TPSA) is 33.0 Å². The number of halogens is 1. The van der Waals surface area contributed by atoms with Crippen LogP contribution in [0.25, 0.3) is 11.6 Å². The first kappa shape index (κ1) is 23.9.